The Morgan fingerprint density at radius 1 is 1.41 bits per heavy atom. The summed E-state index contributed by atoms with van der Waals surface area (Å²) in [5.74, 6) is -0.692. The Morgan fingerprint density at radius 3 is 2.78 bits per heavy atom. The summed E-state index contributed by atoms with van der Waals surface area (Å²) in [5, 5.41) is 10.1. The number of piperidine rings is 1. The molecule has 0 spiro atoms. The van der Waals surface area contributed by atoms with Gasteiger partial charge in [0.15, 0.2) is 0 Å². The lowest BCUT2D eigenvalue weighted by Crippen LogP contribution is -2.32. The first-order valence-electron chi connectivity index (χ1n) is 8.83. The molecule has 2 aliphatic heterocycles. The molecule has 2 aliphatic rings. The molecule has 7 heteroatoms. The number of thioether (sulfide) groups is 2. The van der Waals surface area contributed by atoms with E-state index in [1.165, 1.54) is 16.2 Å². The van der Waals surface area contributed by atoms with Crippen molar-refractivity contribution in [2.24, 2.45) is 11.7 Å². The Labute approximate surface area is 173 Å². The average molecular weight is 423 g/mol. The number of nitrogens with zero attached hydrogens (tertiary/aromatic N) is 1. The predicted molar refractivity (Wildman–Crippen MR) is 115 cm³/mol. The van der Waals surface area contributed by atoms with Crippen molar-refractivity contribution in [3.8, 4) is 0 Å². The van der Waals surface area contributed by atoms with Crippen LogP contribution in [0.15, 0.2) is 62.5 Å². The Bertz CT molecular complexity index is 803. The number of carboxylic acid groups (broad SMARTS) is 1. The molecule has 1 fully saturated rings. The molecule has 0 bridgehead atoms. The fraction of sp³-hybridized carbons (Fsp3) is 0.350. The quantitative estimate of drug-likeness (QED) is 0.677. The number of benzene rings is 1. The summed E-state index contributed by atoms with van der Waals surface area (Å²) in [4.78, 5) is 17.2. The molecule has 1 atom stereocenters. The average Bonchev–Trinajstić information content (AvgIpc) is 3.00. The molecule has 2 heterocycles. The molecule has 0 amide bonds. The normalized spacial score (nSPS) is 21.7. The van der Waals surface area contributed by atoms with Gasteiger partial charge in [0.1, 0.15) is 0 Å². The molecule has 4 nitrogen and oxygen atoms in total. The van der Waals surface area contributed by atoms with Gasteiger partial charge in [-0.15, -0.1) is 11.8 Å². The highest BCUT2D eigenvalue weighted by Crippen LogP contribution is 2.48. The number of fused-ring (bicyclic) bond motifs is 1. The van der Waals surface area contributed by atoms with Gasteiger partial charge in [0.2, 0.25) is 0 Å². The lowest BCUT2D eigenvalue weighted by molar-refractivity contribution is -0.138. The number of rotatable bonds is 6. The van der Waals surface area contributed by atoms with Crippen LogP contribution in [-0.2, 0) is 4.79 Å². The number of aliphatic carboxylic acids is 1. The highest BCUT2D eigenvalue weighted by Gasteiger charge is 2.37. The SMILES string of the molecule is CSC(/C=C\N)=C1/CN2CCCC(CC(=O)O)C2=C1Sc1ccc(Cl)cc1. The number of hydrogen-bond acceptors (Lipinski definition) is 5. The van der Waals surface area contributed by atoms with E-state index in [0.29, 0.717) is 5.02 Å². The van der Waals surface area contributed by atoms with Gasteiger partial charge < -0.3 is 15.7 Å². The summed E-state index contributed by atoms with van der Waals surface area (Å²) in [6, 6.07) is 7.78. The van der Waals surface area contributed by atoms with Gasteiger partial charge in [0.25, 0.3) is 0 Å². The summed E-state index contributed by atoms with van der Waals surface area (Å²) >= 11 is 9.40. The first kappa shape index (κ1) is 20.2. The molecule has 0 aromatic heterocycles. The van der Waals surface area contributed by atoms with Crippen LogP contribution in [0.4, 0.5) is 0 Å². The van der Waals surface area contributed by atoms with E-state index in [4.69, 9.17) is 17.3 Å². The van der Waals surface area contributed by atoms with Gasteiger partial charge in [-0.25, -0.2) is 0 Å². The van der Waals surface area contributed by atoms with E-state index in [1.54, 1.807) is 29.7 Å². The number of allylic oxidation sites excluding steroid dienone is 2. The van der Waals surface area contributed by atoms with E-state index in [0.717, 1.165) is 35.7 Å². The van der Waals surface area contributed by atoms with Gasteiger partial charge in [-0.3, -0.25) is 4.79 Å². The Kier molecular flexibility index (Phi) is 6.84. The molecular weight excluding hydrogens is 400 g/mol. The van der Waals surface area contributed by atoms with Crippen molar-refractivity contribution < 1.29 is 9.90 Å². The van der Waals surface area contributed by atoms with E-state index in [2.05, 4.69) is 4.90 Å². The van der Waals surface area contributed by atoms with Crippen molar-refractivity contribution >= 4 is 41.1 Å². The minimum Gasteiger partial charge on any atom is -0.481 e. The van der Waals surface area contributed by atoms with Gasteiger partial charge in [0.05, 0.1) is 6.42 Å². The van der Waals surface area contributed by atoms with Gasteiger partial charge >= 0.3 is 5.97 Å². The highest BCUT2D eigenvalue weighted by molar-refractivity contribution is 8.04. The second kappa shape index (κ2) is 9.13. The third-order valence-electron chi connectivity index (χ3n) is 4.78. The maximum Gasteiger partial charge on any atom is 0.304 e. The minimum atomic E-state index is -0.741. The van der Waals surface area contributed by atoms with Crippen molar-refractivity contribution in [2.75, 3.05) is 19.3 Å². The second-order valence-corrected chi connectivity index (χ2v) is 8.90. The molecule has 1 unspecified atom stereocenters. The van der Waals surface area contributed by atoms with Crippen molar-refractivity contribution in [2.45, 2.75) is 24.2 Å². The molecule has 27 heavy (non-hydrogen) atoms. The maximum atomic E-state index is 11.4. The van der Waals surface area contributed by atoms with Gasteiger partial charge in [0, 0.05) is 50.0 Å². The summed E-state index contributed by atoms with van der Waals surface area (Å²) in [5.41, 5.74) is 8.08. The van der Waals surface area contributed by atoms with Gasteiger partial charge in [-0.1, -0.05) is 23.4 Å². The summed E-state index contributed by atoms with van der Waals surface area (Å²) in [7, 11) is 0. The summed E-state index contributed by atoms with van der Waals surface area (Å²) < 4.78 is 0. The monoisotopic (exact) mass is 422 g/mol. The van der Waals surface area contributed by atoms with Crippen LogP contribution in [0.1, 0.15) is 19.3 Å². The summed E-state index contributed by atoms with van der Waals surface area (Å²) in [6.45, 7) is 1.77. The Morgan fingerprint density at radius 2 is 2.15 bits per heavy atom. The standard InChI is InChI=1S/C20H23ClN2O2S2/c1-26-17(8-9-22)16-12-23-10-2-3-13(11-18(24)25)19(23)20(16)27-15-6-4-14(21)5-7-15/h4-9,13H,2-3,10-12,22H2,1H3,(H,24,25)/b9-8-,17-16-. The fourth-order valence-electron chi connectivity index (χ4n) is 3.67. The number of carbonyl (C=O) groups is 1. The van der Waals surface area contributed by atoms with Crippen molar-refractivity contribution in [1.29, 1.82) is 0 Å². The van der Waals surface area contributed by atoms with E-state index in [1.807, 2.05) is 36.6 Å². The zero-order valence-electron chi connectivity index (χ0n) is 15.2. The van der Waals surface area contributed by atoms with Crippen LogP contribution in [0.5, 0.6) is 0 Å². The lowest BCUT2D eigenvalue weighted by Gasteiger charge is -2.33. The van der Waals surface area contributed by atoms with Crippen molar-refractivity contribution in [3.63, 3.8) is 0 Å². The molecule has 0 aliphatic carbocycles. The van der Waals surface area contributed by atoms with Gasteiger partial charge in [-0.05, 0) is 55.6 Å². The topological polar surface area (TPSA) is 66.6 Å². The minimum absolute atomic E-state index is 0.0495. The van der Waals surface area contributed by atoms with Crippen LogP contribution < -0.4 is 5.73 Å². The molecule has 144 valence electrons. The van der Waals surface area contributed by atoms with Crippen LogP contribution in [0, 0.1) is 5.92 Å². The molecule has 1 saturated heterocycles. The number of nitrogens with two attached hydrogens (primary N) is 1. The molecule has 3 rings (SSSR count). The van der Waals surface area contributed by atoms with E-state index in [-0.39, 0.29) is 12.3 Å². The van der Waals surface area contributed by atoms with Crippen molar-refractivity contribution in [3.05, 3.63) is 62.6 Å². The first-order valence-corrected chi connectivity index (χ1v) is 11.3. The lowest BCUT2D eigenvalue weighted by atomic mass is 9.91. The van der Waals surface area contributed by atoms with Crippen LogP contribution in [0.25, 0.3) is 0 Å². The van der Waals surface area contributed by atoms with Crippen molar-refractivity contribution in [1.82, 2.24) is 4.90 Å². The van der Waals surface area contributed by atoms with Crippen LogP contribution in [0.3, 0.4) is 0 Å². The molecular formula is C20H23ClN2O2S2. The highest BCUT2D eigenvalue weighted by atomic mass is 35.5. The van der Waals surface area contributed by atoms with E-state index in [9.17, 15) is 9.90 Å². The molecule has 1 aromatic rings. The maximum absolute atomic E-state index is 11.4. The second-order valence-electron chi connectivity index (χ2n) is 6.53. The van der Waals surface area contributed by atoms with Crippen LogP contribution >= 0.6 is 35.1 Å². The van der Waals surface area contributed by atoms with Crippen LogP contribution in [-0.4, -0.2) is 35.3 Å². The molecule has 0 radical (unpaired) electrons. The predicted octanol–water partition coefficient (Wildman–Crippen LogP) is 4.93. The zero-order valence-corrected chi connectivity index (χ0v) is 17.5. The first-order chi connectivity index (χ1) is 13.0. The number of carboxylic acids is 1. The Hall–Kier alpha value is -1.50. The Balaban J connectivity index is 2.09. The van der Waals surface area contributed by atoms with E-state index < -0.39 is 5.97 Å². The van der Waals surface area contributed by atoms with E-state index >= 15 is 0 Å². The summed E-state index contributed by atoms with van der Waals surface area (Å²) in [6.07, 6.45) is 7.66. The largest absolute Gasteiger partial charge is 0.481 e. The third kappa shape index (κ3) is 4.68. The molecule has 1 aromatic carbocycles. The number of hydrogen-bond donors (Lipinski definition) is 2. The van der Waals surface area contributed by atoms with Crippen LogP contribution in [0.2, 0.25) is 5.02 Å². The molecule has 3 N–H and O–H groups in total. The fourth-order valence-corrected chi connectivity index (χ4v) is 5.69. The zero-order chi connectivity index (χ0) is 19.4. The third-order valence-corrected chi connectivity index (χ3v) is 7.03. The number of halogens is 1. The smallest absolute Gasteiger partial charge is 0.304 e. The van der Waals surface area contributed by atoms with Gasteiger partial charge in [-0.2, -0.15) is 0 Å². The molecule has 0 saturated carbocycles.